The molecule has 0 bridgehead atoms. The standard InChI is InChI=1S/C21H24N4O2S/c1-3-18(26)25-10-9-15(11-25)22-20-19-16(14-7-5-4-6-8-14)13-28-21(19)24-17(23-20)12-27-2/h4-8,13,15H,3,9-12H2,1-2H3,(H,22,23,24). The maximum Gasteiger partial charge on any atom is 0.222 e. The number of hydrogen-bond acceptors (Lipinski definition) is 6. The third kappa shape index (κ3) is 3.72. The summed E-state index contributed by atoms with van der Waals surface area (Å²) >= 11 is 1.62. The summed E-state index contributed by atoms with van der Waals surface area (Å²) in [5.41, 5.74) is 2.28. The van der Waals surface area contributed by atoms with E-state index in [4.69, 9.17) is 9.72 Å². The first kappa shape index (κ1) is 18.8. The third-order valence-corrected chi connectivity index (χ3v) is 5.89. The van der Waals surface area contributed by atoms with Crippen LogP contribution in [0.5, 0.6) is 0 Å². The second kappa shape index (κ2) is 8.24. The molecule has 6 nitrogen and oxygen atoms in total. The van der Waals surface area contributed by atoms with Gasteiger partial charge in [-0.15, -0.1) is 11.3 Å². The van der Waals surface area contributed by atoms with E-state index in [0.717, 1.165) is 40.1 Å². The van der Waals surface area contributed by atoms with Gasteiger partial charge in [0.25, 0.3) is 0 Å². The van der Waals surface area contributed by atoms with Gasteiger partial charge in [0.15, 0.2) is 5.82 Å². The molecule has 3 heterocycles. The molecule has 2 aromatic heterocycles. The number of amides is 1. The number of thiophene rings is 1. The predicted molar refractivity (Wildman–Crippen MR) is 112 cm³/mol. The summed E-state index contributed by atoms with van der Waals surface area (Å²) in [7, 11) is 1.65. The minimum absolute atomic E-state index is 0.188. The molecule has 146 valence electrons. The Hall–Kier alpha value is -2.51. The van der Waals surface area contributed by atoms with Gasteiger partial charge in [-0.05, 0) is 12.0 Å². The third-order valence-electron chi connectivity index (χ3n) is 5.02. The van der Waals surface area contributed by atoms with E-state index in [2.05, 4.69) is 27.8 Å². The van der Waals surface area contributed by atoms with E-state index in [0.29, 0.717) is 25.4 Å². The zero-order valence-corrected chi connectivity index (χ0v) is 17.0. The highest BCUT2D eigenvalue weighted by atomic mass is 32.1. The van der Waals surface area contributed by atoms with Crippen LogP contribution in [0.15, 0.2) is 35.7 Å². The molecule has 1 amide bonds. The molecule has 1 unspecified atom stereocenters. The van der Waals surface area contributed by atoms with Crippen molar-refractivity contribution in [2.45, 2.75) is 32.4 Å². The van der Waals surface area contributed by atoms with Crippen LogP contribution in [0.25, 0.3) is 21.3 Å². The average Bonchev–Trinajstić information content (AvgIpc) is 3.35. The SMILES string of the molecule is CCC(=O)N1CCC(Nc2nc(COC)nc3scc(-c4ccccc4)c23)C1. The van der Waals surface area contributed by atoms with Crippen molar-refractivity contribution in [3.63, 3.8) is 0 Å². The van der Waals surface area contributed by atoms with E-state index >= 15 is 0 Å². The highest BCUT2D eigenvalue weighted by molar-refractivity contribution is 7.17. The molecule has 1 N–H and O–H groups in total. The molecule has 0 spiro atoms. The van der Waals surface area contributed by atoms with Gasteiger partial charge in [-0.25, -0.2) is 9.97 Å². The second-order valence-corrected chi connectivity index (χ2v) is 7.80. The monoisotopic (exact) mass is 396 g/mol. The van der Waals surface area contributed by atoms with Gasteiger partial charge in [0.2, 0.25) is 5.91 Å². The van der Waals surface area contributed by atoms with Gasteiger partial charge >= 0.3 is 0 Å². The Bertz CT molecular complexity index is 973. The number of methoxy groups -OCH3 is 1. The van der Waals surface area contributed by atoms with Crippen LogP contribution in [0, 0.1) is 0 Å². The summed E-state index contributed by atoms with van der Waals surface area (Å²) in [6.45, 7) is 3.78. The summed E-state index contributed by atoms with van der Waals surface area (Å²) in [6.07, 6.45) is 1.47. The van der Waals surface area contributed by atoms with E-state index in [-0.39, 0.29) is 11.9 Å². The first-order valence-electron chi connectivity index (χ1n) is 9.56. The fourth-order valence-electron chi connectivity index (χ4n) is 3.64. The average molecular weight is 397 g/mol. The van der Waals surface area contributed by atoms with Crippen molar-refractivity contribution in [3.8, 4) is 11.1 Å². The summed E-state index contributed by atoms with van der Waals surface area (Å²) in [5, 5.41) is 6.77. The fourth-order valence-corrected chi connectivity index (χ4v) is 4.60. The van der Waals surface area contributed by atoms with E-state index in [9.17, 15) is 4.79 Å². The van der Waals surface area contributed by atoms with Gasteiger partial charge in [-0.2, -0.15) is 0 Å². The first-order valence-corrected chi connectivity index (χ1v) is 10.4. The number of anilines is 1. The molecule has 1 fully saturated rings. The van der Waals surface area contributed by atoms with Crippen LogP contribution in [-0.2, 0) is 16.1 Å². The van der Waals surface area contributed by atoms with Gasteiger partial charge in [0.1, 0.15) is 17.3 Å². The Kier molecular flexibility index (Phi) is 5.54. The van der Waals surface area contributed by atoms with E-state index in [1.54, 1.807) is 18.4 Å². The number of carbonyl (C=O) groups is 1. The minimum Gasteiger partial charge on any atom is -0.377 e. The molecular formula is C21H24N4O2S. The van der Waals surface area contributed by atoms with E-state index in [1.807, 2.05) is 30.0 Å². The highest BCUT2D eigenvalue weighted by Gasteiger charge is 2.26. The van der Waals surface area contributed by atoms with Crippen LogP contribution in [0.4, 0.5) is 5.82 Å². The number of rotatable bonds is 6. The molecular weight excluding hydrogens is 372 g/mol. The molecule has 4 rings (SSSR count). The number of nitrogens with one attached hydrogen (secondary N) is 1. The first-order chi connectivity index (χ1) is 13.7. The van der Waals surface area contributed by atoms with Crippen molar-refractivity contribution < 1.29 is 9.53 Å². The van der Waals surface area contributed by atoms with Gasteiger partial charge in [0.05, 0.1) is 5.39 Å². The van der Waals surface area contributed by atoms with Crippen LogP contribution in [0.3, 0.4) is 0 Å². The lowest BCUT2D eigenvalue weighted by Crippen LogP contribution is -2.31. The molecule has 1 aliphatic rings. The number of ether oxygens (including phenoxy) is 1. The number of benzene rings is 1. The van der Waals surface area contributed by atoms with Gasteiger partial charge in [-0.3, -0.25) is 4.79 Å². The Labute approximate surface area is 168 Å². The molecule has 3 aromatic rings. The van der Waals surface area contributed by atoms with Crippen LogP contribution >= 0.6 is 11.3 Å². The number of fused-ring (bicyclic) bond motifs is 1. The van der Waals surface area contributed by atoms with Crippen molar-refractivity contribution in [1.29, 1.82) is 0 Å². The molecule has 1 aliphatic heterocycles. The molecule has 28 heavy (non-hydrogen) atoms. The minimum atomic E-state index is 0.188. The number of carbonyl (C=O) groups excluding carboxylic acids is 1. The molecule has 7 heteroatoms. The maximum atomic E-state index is 12.0. The zero-order valence-electron chi connectivity index (χ0n) is 16.1. The molecule has 1 atom stereocenters. The largest absolute Gasteiger partial charge is 0.377 e. The van der Waals surface area contributed by atoms with Crippen molar-refractivity contribution in [1.82, 2.24) is 14.9 Å². The fraction of sp³-hybridized carbons (Fsp3) is 0.381. The summed E-state index contributed by atoms with van der Waals surface area (Å²) in [4.78, 5) is 24.3. The number of nitrogens with zero attached hydrogens (tertiary/aromatic N) is 3. The van der Waals surface area contributed by atoms with Gasteiger partial charge in [0, 0.05) is 43.6 Å². The summed E-state index contributed by atoms with van der Waals surface area (Å²) in [5.74, 6) is 1.70. The van der Waals surface area contributed by atoms with Crippen molar-refractivity contribution in [2.75, 3.05) is 25.5 Å². The lowest BCUT2D eigenvalue weighted by atomic mass is 10.1. The van der Waals surface area contributed by atoms with Gasteiger partial charge in [-0.1, -0.05) is 37.3 Å². The van der Waals surface area contributed by atoms with Crippen molar-refractivity contribution in [2.24, 2.45) is 0 Å². The topological polar surface area (TPSA) is 67.4 Å². The van der Waals surface area contributed by atoms with Crippen molar-refractivity contribution >= 4 is 33.3 Å². The molecule has 0 saturated carbocycles. The number of aromatic nitrogens is 2. The van der Waals surface area contributed by atoms with Crippen LogP contribution in [0.2, 0.25) is 0 Å². The van der Waals surface area contributed by atoms with Gasteiger partial charge < -0.3 is 15.0 Å². The second-order valence-electron chi connectivity index (χ2n) is 6.94. The quantitative estimate of drug-likeness (QED) is 0.684. The lowest BCUT2D eigenvalue weighted by Gasteiger charge is -2.18. The maximum absolute atomic E-state index is 12.0. The molecule has 0 aliphatic carbocycles. The van der Waals surface area contributed by atoms with Crippen LogP contribution < -0.4 is 5.32 Å². The lowest BCUT2D eigenvalue weighted by molar-refractivity contribution is -0.129. The Morgan fingerprint density at radius 2 is 2.14 bits per heavy atom. The Morgan fingerprint density at radius 1 is 1.32 bits per heavy atom. The molecule has 1 saturated heterocycles. The Morgan fingerprint density at radius 3 is 2.89 bits per heavy atom. The smallest absolute Gasteiger partial charge is 0.222 e. The summed E-state index contributed by atoms with van der Waals surface area (Å²) < 4.78 is 5.26. The Balaban J connectivity index is 1.71. The summed E-state index contributed by atoms with van der Waals surface area (Å²) in [6, 6.07) is 10.5. The number of likely N-dealkylation sites (tertiary alicyclic amines) is 1. The van der Waals surface area contributed by atoms with Crippen molar-refractivity contribution in [3.05, 3.63) is 41.5 Å². The predicted octanol–water partition coefficient (Wildman–Crippen LogP) is 3.93. The molecule has 0 radical (unpaired) electrons. The number of hydrogen-bond donors (Lipinski definition) is 1. The normalized spacial score (nSPS) is 16.6. The van der Waals surface area contributed by atoms with Crippen LogP contribution in [0.1, 0.15) is 25.6 Å². The van der Waals surface area contributed by atoms with E-state index < -0.39 is 0 Å². The molecule has 1 aromatic carbocycles. The van der Waals surface area contributed by atoms with E-state index in [1.165, 1.54) is 0 Å². The van der Waals surface area contributed by atoms with Crippen LogP contribution in [-0.4, -0.2) is 47.0 Å². The zero-order chi connectivity index (χ0) is 19.5. The highest BCUT2D eigenvalue weighted by Crippen LogP contribution is 2.37.